The number of carbonyl (C=O) groups excluding carboxylic acids is 3. The summed E-state index contributed by atoms with van der Waals surface area (Å²) in [6, 6.07) is 19.6. The summed E-state index contributed by atoms with van der Waals surface area (Å²) in [6.07, 6.45) is 0. The molecule has 3 N–H and O–H groups in total. The van der Waals surface area contributed by atoms with Crippen molar-refractivity contribution in [3.05, 3.63) is 94.7 Å². The van der Waals surface area contributed by atoms with E-state index < -0.39 is 17.7 Å². The zero-order chi connectivity index (χ0) is 22.8. The summed E-state index contributed by atoms with van der Waals surface area (Å²) < 4.78 is 0. The third kappa shape index (κ3) is 4.06. The second-order valence-corrected chi connectivity index (χ2v) is 7.52. The molecule has 1 aliphatic rings. The van der Waals surface area contributed by atoms with Crippen LogP contribution < -0.4 is 15.5 Å². The fourth-order valence-electron chi connectivity index (χ4n) is 3.16. The summed E-state index contributed by atoms with van der Waals surface area (Å²) in [7, 11) is 0. The van der Waals surface area contributed by atoms with E-state index in [0.29, 0.717) is 22.6 Å². The summed E-state index contributed by atoms with van der Waals surface area (Å²) >= 11 is 6.15. The minimum Gasteiger partial charge on any atom is -0.506 e. The third-order valence-electron chi connectivity index (χ3n) is 4.89. The maximum Gasteiger partial charge on any atom is 0.283 e. The summed E-state index contributed by atoms with van der Waals surface area (Å²) in [5.74, 6) is -1.62. The lowest BCUT2D eigenvalue weighted by molar-refractivity contribution is -0.120. The molecule has 0 aromatic heterocycles. The monoisotopic (exact) mass is 447 g/mol. The molecule has 8 heteroatoms. The van der Waals surface area contributed by atoms with Gasteiger partial charge in [0.25, 0.3) is 17.7 Å². The minimum atomic E-state index is -0.610. The summed E-state index contributed by atoms with van der Waals surface area (Å²) in [4.78, 5) is 38.8. The van der Waals surface area contributed by atoms with Crippen molar-refractivity contribution in [2.75, 3.05) is 15.5 Å². The van der Waals surface area contributed by atoms with Gasteiger partial charge in [-0.2, -0.15) is 0 Å². The molecule has 0 fully saturated rings. The largest absolute Gasteiger partial charge is 0.506 e. The molecule has 0 spiro atoms. The van der Waals surface area contributed by atoms with Crippen molar-refractivity contribution in [2.24, 2.45) is 0 Å². The van der Waals surface area contributed by atoms with Gasteiger partial charge in [-0.25, -0.2) is 4.90 Å². The van der Waals surface area contributed by atoms with Gasteiger partial charge >= 0.3 is 0 Å². The van der Waals surface area contributed by atoms with Crippen LogP contribution >= 0.6 is 11.6 Å². The molecule has 0 atom stereocenters. The van der Waals surface area contributed by atoms with Crippen molar-refractivity contribution in [1.29, 1.82) is 0 Å². The number of nitrogens with zero attached hydrogens (tertiary/aromatic N) is 1. The number of phenols is 1. The van der Waals surface area contributed by atoms with E-state index in [1.807, 2.05) is 6.92 Å². The molecule has 4 rings (SSSR count). The van der Waals surface area contributed by atoms with Crippen LogP contribution in [0.4, 0.5) is 17.1 Å². The fraction of sp³-hybridized carbons (Fsp3) is 0.0417. The van der Waals surface area contributed by atoms with Gasteiger partial charge in [-0.1, -0.05) is 41.4 Å². The Morgan fingerprint density at radius 1 is 0.906 bits per heavy atom. The van der Waals surface area contributed by atoms with Crippen LogP contribution in [0.1, 0.15) is 15.9 Å². The van der Waals surface area contributed by atoms with Gasteiger partial charge in [-0.05, 0) is 55.5 Å². The average Bonchev–Trinajstić information content (AvgIpc) is 3.00. The summed E-state index contributed by atoms with van der Waals surface area (Å²) in [6.45, 7) is 1.90. The number of hydrogen-bond donors (Lipinski definition) is 3. The number of hydrogen-bond acceptors (Lipinski definition) is 5. The predicted molar refractivity (Wildman–Crippen MR) is 123 cm³/mol. The number of carbonyl (C=O) groups is 3. The van der Waals surface area contributed by atoms with E-state index >= 15 is 0 Å². The second kappa shape index (κ2) is 8.56. The first kappa shape index (κ1) is 21.1. The van der Waals surface area contributed by atoms with E-state index in [1.54, 1.807) is 66.7 Å². The molecule has 0 aliphatic carbocycles. The lowest BCUT2D eigenvalue weighted by atomic mass is 10.1. The molecule has 3 aromatic rings. The number of imide groups is 1. The minimum absolute atomic E-state index is 0.0383. The maximum atomic E-state index is 12.8. The zero-order valence-electron chi connectivity index (χ0n) is 16.9. The molecule has 160 valence electrons. The van der Waals surface area contributed by atoms with E-state index in [2.05, 4.69) is 10.6 Å². The Morgan fingerprint density at radius 2 is 1.56 bits per heavy atom. The molecule has 32 heavy (non-hydrogen) atoms. The van der Waals surface area contributed by atoms with Crippen LogP contribution in [0.2, 0.25) is 0 Å². The van der Waals surface area contributed by atoms with Gasteiger partial charge in [0.2, 0.25) is 0 Å². The Morgan fingerprint density at radius 3 is 2.22 bits per heavy atom. The number of anilines is 3. The zero-order valence-corrected chi connectivity index (χ0v) is 17.7. The third-order valence-corrected chi connectivity index (χ3v) is 5.24. The van der Waals surface area contributed by atoms with Crippen molar-refractivity contribution in [3.8, 4) is 5.75 Å². The number of aromatic hydroxyl groups is 1. The maximum absolute atomic E-state index is 12.8. The van der Waals surface area contributed by atoms with Crippen molar-refractivity contribution in [2.45, 2.75) is 6.92 Å². The molecule has 0 bridgehead atoms. The van der Waals surface area contributed by atoms with Gasteiger partial charge in [0, 0.05) is 11.3 Å². The Hall–Kier alpha value is -4.10. The molecular weight excluding hydrogens is 430 g/mol. The standard InChI is InChI=1S/C24H18ClN3O4/c1-14-6-12-17(13-7-14)28-23(31)20(25)21(24(28)32)26-16-10-8-15(9-11-16)22(30)27-18-4-2-3-5-19(18)29/h2-13,26,29H,1H3,(H,27,30). The van der Waals surface area contributed by atoms with Crippen LogP contribution in [0.3, 0.4) is 0 Å². The van der Waals surface area contributed by atoms with E-state index in [-0.39, 0.29) is 16.5 Å². The molecular formula is C24H18ClN3O4. The molecule has 0 unspecified atom stereocenters. The first-order valence-corrected chi connectivity index (χ1v) is 10.0. The highest BCUT2D eigenvalue weighted by molar-refractivity contribution is 6.53. The van der Waals surface area contributed by atoms with Crippen molar-refractivity contribution in [1.82, 2.24) is 0 Å². The number of benzene rings is 3. The topological polar surface area (TPSA) is 98.7 Å². The number of aryl methyl sites for hydroxylation is 1. The van der Waals surface area contributed by atoms with Crippen LogP contribution in [0.25, 0.3) is 0 Å². The number of nitrogens with one attached hydrogen (secondary N) is 2. The SMILES string of the molecule is Cc1ccc(N2C(=O)C(Cl)=C(Nc3ccc(C(=O)Nc4ccccc4O)cc3)C2=O)cc1. The first-order valence-electron chi connectivity index (χ1n) is 9.67. The summed E-state index contributed by atoms with van der Waals surface area (Å²) in [5.41, 5.74) is 2.50. The number of rotatable bonds is 5. The van der Waals surface area contributed by atoms with Gasteiger partial charge in [-0.3, -0.25) is 14.4 Å². The van der Waals surface area contributed by atoms with Crippen molar-refractivity contribution >= 4 is 46.4 Å². The Balaban J connectivity index is 1.49. The highest BCUT2D eigenvalue weighted by Crippen LogP contribution is 2.30. The van der Waals surface area contributed by atoms with Gasteiger partial charge in [-0.15, -0.1) is 0 Å². The molecule has 3 amide bonds. The number of amides is 3. The molecule has 3 aromatic carbocycles. The second-order valence-electron chi connectivity index (χ2n) is 7.14. The van der Waals surface area contributed by atoms with E-state index in [4.69, 9.17) is 11.6 Å². The van der Waals surface area contributed by atoms with E-state index in [9.17, 15) is 19.5 Å². The lowest BCUT2D eigenvalue weighted by Crippen LogP contribution is -2.32. The molecule has 0 radical (unpaired) electrons. The van der Waals surface area contributed by atoms with Crippen molar-refractivity contribution in [3.63, 3.8) is 0 Å². The Kier molecular flexibility index (Phi) is 5.66. The average molecular weight is 448 g/mol. The molecule has 0 saturated heterocycles. The number of halogens is 1. The Bertz CT molecular complexity index is 1250. The quantitative estimate of drug-likeness (QED) is 0.398. The van der Waals surface area contributed by atoms with Gasteiger partial charge in [0.05, 0.1) is 11.4 Å². The van der Waals surface area contributed by atoms with Crippen molar-refractivity contribution < 1.29 is 19.5 Å². The highest BCUT2D eigenvalue weighted by Gasteiger charge is 2.38. The van der Waals surface area contributed by atoms with Crippen LogP contribution in [-0.2, 0) is 9.59 Å². The lowest BCUT2D eigenvalue weighted by Gasteiger charge is -2.15. The molecule has 7 nitrogen and oxygen atoms in total. The van der Waals surface area contributed by atoms with Gasteiger partial charge < -0.3 is 15.7 Å². The van der Waals surface area contributed by atoms with E-state index in [0.717, 1.165) is 10.5 Å². The summed E-state index contributed by atoms with van der Waals surface area (Å²) in [5, 5.41) is 15.1. The Labute approximate surface area is 188 Å². The predicted octanol–water partition coefficient (Wildman–Crippen LogP) is 4.39. The van der Waals surface area contributed by atoms with Crippen LogP contribution in [0.5, 0.6) is 5.75 Å². The molecule has 1 heterocycles. The van der Waals surface area contributed by atoms with Gasteiger partial charge in [0.1, 0.15) is 16.5 Å². The highest BCUT2D eigenvalue weighted by atomic mass is 35.5. The molecule has 1 aliphatic heterocycles. The molecule has 0 saturated carbocycles. The smallest absolute Gasteiger partial charge is 0.283 e. The van der Waals surface area contributed by atoms with E-state index in [1.165, 1.54) is 6.07 Å². The fourth-order valence-corrected chi connectivity index (χ4v) is 3.38. The van der Waals surface area contributed by atoms with Gasteiger partial charge in [0.15, 0.2) is 0 Å². The van der Waals surface area contributed by atoms with Crippen LogP contribution in [0.15, 0.2) is 83.5 Å². The number of phenolic OH excluding ortho intramolecular Hbond substituents is 1. The van der Waals surface area contributed by atoms with Crippen LogP contribution in [0, 0.1) is 6.92 Å². The normalized spacial score (nSPS) is 13.5. The number of para-hydroxylation sites is 2. The van der Waals surface area contributed by atoms with Crippen LogP contribution in [-0.4, -0.2) is 22.8 Å². The first-order chi connectivity index (χ1) is 15.3.